The molecule has 1 aromatic carbocycles. The third-order valence-electron chi connectivity index (χ3n) is 9.31. The Balaban J connectivity index is 2.03. The van der Waals surface area contributed by atoms with Crippen LogP contribution in [0.3, 0.4) is 0 Å². The fourth-order valence-corrected chi connectivity index (χ4v) is 7.58. The van der Waals surface area contributed by atoms with Crippen molar-refractivity contribution in [2.24, 2.45) is 16.2 Å². The zero-order valence-electron chi connectivity index (χ0n) is 21.6. The number of benzene rings is 1. The van der Waals surface area contributed by atoms with E-state index in [4.69, 9.17) is 0 Å². The molecule has 0 radical (unpaired) electrons. The van der Waals surface area contributed by atoms with E-state index >= 15 is 0 Å². The fourth-order valence-electron chi connectivity index (χ4n) is 7.58. The van der Waals surface area contributed by atoms with Crippen LogP contribution in [0.1, 0.15) is 89.1 Å². The maximum absolute atomic E-state index is 14.4. The van der Waals surface area contributed by atoms with Gasteiger partial charge in [0.1, 0.15) is 5.76 Å². The second kappa shape index (κ2) is 7.29. The number of Topliss-reactive ketones (excluding diaryl/α,β-unsaturated/α-hetero) is 2. The normalized spacial score (nSPS) is 31.4. The summed E-state index contributed by atoms with van der Waals surface area (Å²) in [7, 11) is 0. The van der Waals surface area contributed by atoms with Crippen molar-refractivity contribution in [3.63, 3.8) is 0 Å². The number of carbonyl (C=O) groups excluding carboxylic acids is 2. The molecule has 0 spiro atoms. The lowest BCUT2D eigenvalue weighted by molar-refractivity contribution is -0.136. The molecule has 33 heavy (non-hydrogen) atoms. The molecule has 1 saturated carbocycles. The van der Waals surface area contributed by atoms with Crippen molar-refractivity contribution in [2.45, 2.75) is 87.5 Å². The molecule has 176 valence electrons. The summed E-state index contributed by atoms with van der Waals surface area (Å²) in [4.78, 5) is 27.0. The Hall–Kier alpha value is -2.42. The summed E-state index contributed by atoms with van der Waals surface area (Å²) >= 11 is 0. The van der Waals surface area contributed by atoms with E-state index in [1.807, 2.05) is 13.8 Å². The molecular formula is C30H38O3. The van der Waals surface area contributed by atoms with Gasteiger partial charge in [-0.25, -0.2) is 0 Å². The van der Waals surface area contributed by atoms with Gasteiger partial charge in [-0.05, 0) is 93.0 Å². The SMILES string of the molecule is C=C1C(C(C)=O)=C(C)C[C@@]2(C)C[C@@]3(C)Cc4c(CC)cc(CC)c(C)c4C(O)=C3C(=O)[C@@]12C. The van der Waals surface area contributed by atoms with Crippen molar-refractivity contribution in [1.29, 1.82) is 0 Å². The van der Waals surface area contributed by atoms with Gasteiger partial charge in [-0.15, -0.1) is 0 Å². The smallest absolute Gasteiger partial charge is 0.173 e. The van der Waals surface area contributed by atoms with Gasteiger partial charge >= 0.3 is 0 Å². The first-order valence-corrected chi connectivity index (χ1v) is 12.3. The van der Waals surface area contributed by atoms with E-state index in [-0.39, 0.29) is 22.7 Å². The lowest BCUT2D eigenvalue weighted by Gasteiger charge is -2.59. The number of aliphatic hydroxyl groups is 1. The Bertz CT molecular complexity index is 1190. The van der Waals surface area contributed by atoms with Crippen LogP contribution < -0.4 is 0 Å². The zero-order valence-corrected chi connectivity index (χ0v) is 21.6. The first kappa shape index (κ1) is 23.7. The molecule has 0 aromatic heterocycles. The first-order chi connectivity index (χ1) is 15.3. The molecule has 0 aliphatic heterocycles. The van der Waals surface area contributed by atoms with E-state index in [1.54, 1.807) is 6.92 Å². The van der Waals surface area contributed by atoms with Gasteiger partial charge in [-0.3, -0.25) is 9.59 Å². The maximum atomic E-state index is 14.4. The average molecular weight is 447 g/mol. The molecular weight excluding hydrogens is 408 g/mol. The number of hydrogen-bond acceptors (Lipinski definition) is 3. The Labute approximate surface area is 198 Å². The van der Waals surface area contributed by atoms with Crippen molar-refractivity contribution in [1.82, 2.24) is 0 Å². The fraction of sp³-hybridized carbons (Fsp3) is 0.533. The Morgan fingerprint density at radius 2 is 1.70 bits per heavy atom. The molecule has 3 nitrogen and oxygen atoms in total. The highest BCUT2D eigenvalue weighted by molar-refractivity contribution is 6.12. The molecule has 3 atom stereocenters. The molecule has 1 aromatic rings. The van der Waals surface area contributed by atoms with Gasteiger partial charge < -0.3 is 5.11 Å². The minimum atomic E-state index is -0.919. The van der Waals surface area contributed by atoms with Gasteiger partial charge in [0.05, 0.1) is 5.41 Å². The molecule has 1 N–H and O–H groups in total. The standard InChI is InChI=1S/C30H38O3/c1-10-20-12-21(11-2)22-14-28(7)15-29(8)13-16(3)23(19(6)31)18(5)30(29,9)27(33)25(28)26(32)24(22)17(20)4/h12,32H,5,10-11,13-15H2,1-4,6-9H3/t28-,29+,30-/m1/s1. The summed E-state index contributed by atoms with van der Waals surface area (Å²) in [5.74, 6) is 0.0561. The molecule has 4 rings (SSSR count). The van der Waals surface area contributed by atoms with Crippen LogP contribution in [0.5, 0.6) is 0 Å². The molecule has 3 aliphatic carbocycles. The van der Waals surface area contributed by atoms with Crippen molar-refractivity contribution in [3.05, 3.63) is 62.8 Å². The minimum Gasteiger partial charge on any atom is -0.507 e. The number of aryl methyl sites for hydroxylation is 2. The average Bonchev–Trinajstić information content (AvgIpc) is 2.70. The first-order valence-electron chi connectivity index (χ1n) is 12.3. The summed E-state index contributed by atoms with van der Waals surface area (Å²) in [6, 6.07) is 2.29. The lowest BCUT2D eigenvalue weighted by atomic mass is 9.42. The van der Waals surface area contributed by atoms with Crippen molar-refractivity contribution >= 4 is 17.3 Å². The van der Waals surface area contributed by atoms with E-state index < -0.39 is 10.8 Å². The quantitative estimate of drug-likeness (QED) is 0.555. The van der Waals surface area contributed by atoms with Gasteiger partial charge in [-0.1, -0.05) is 45.9 Å². The topological polar surface area (TPSA) is 54.4 Å². The predicted octanol–water partition coefficient (Wildman–Crippen LogP) is 6.80. The lowest BCUT2D eigenvalue weighted by Crippen LogP contribution is -2.58. The predicted molar refractivity (Wildman–Crippen MR) is 134 cm³/mol. The monoisotopic (exact) mass is 446 g/mol. The van der Waals surface area contributed by atoms with Crippen LogP contribution in [-0.4, -0.2) is 16.7 Å². The Kier molecular flexibility index (Phi) is 5.24. The molecule has 0 bridgehead atoms. The molecule has 0 amide bonds. The maximum Gasteiger partial charge on any atom is 0.173 e. The number of fused-ring (bicyclic) bond motifs is 3. The summed E-state index contributed by atoms with van der Waals surface area (Å²) in [5, 5.41) is 11.8. The molecule has 3 aliphatic rings. The number of ketones is 2. The summed E-state index contributed by atoms with van der Waals surface area (Å²) in [5.41, 5.74) is 6.67. The largest absolute Gasteiger partial charge is 0.507 e. The van der Waals surface area contributed by atoms with Crippen molar-refractivity contribution < 1.29 is 14.7 Å². The zero-order chi connectivity index (χ0) is 24.7. The second-order valence-electron chi connectivity index (χ2n) is 11.4. The van der Waals surface area contributed by atoms with Crippen LogP contribution in [0.25, 0.3) is 5.76 Å². The van der Waals surface area contributed by atoms with Crippen LogP contribution in [0, 0.1) is 23.2 Å². The second-order valence-corrected chi connectivity index (χ2v) is 11.4. The highest BCUT2D eigenvalue weighted by Gasteiger charge is 2.64. The summed E-state index contributed by atoms with van der Waals surface area (Å²) in [6.07, 6.45) is 3.99. The van der Waals surface area contributed by atoms with Gasteiger partial charge in [0.15, 0.2) is 11.6 Å². The third-order valence-corrected chi connectivity index (χ3v) is 9.31. The van der Waals surface area contributed by atoms with Gasteiger partial charge in [0, 0.05) is 22.1 Å². The number of aliphatic hydroxyl groups excluding tert-OH is 1. The van der Waals surface area contributed by atoms with Crippen molar-refractivity contribution in [3.8, 4) is 0 Å². The number of rotatable bonds is 3. The highest BCUT2D eigenvalue weighted by atomic mass is 16.3. The van der Waals surface area contributed by atoms with Crippen molar-refractivity contribution in [2.75, 3.05) is 0 Å². The van der Waals surface area contributed by atoms with Crippen LogP contribution >= 0.6 is 0 Å². The number of hydrogen-bond donors (Lipinski definition) is 1. The van der Waals surface area contributed by atoms with Crippen LogP contribution in [0.15, 0.2) is 34.9 Å². The molecule has 0 saturated heterocycles. The Morgan fingerprint density at radius 3 is 2.24 bits per heavy atom. The van der Waals surface area contributed by atoms with E-state index in [0.717, 1.165) is 42.4 Å². The minimum absolute atomic E-state index is 0.0369. The summed E-state index contributed by atoms with van der Waals surface area (Å²) in [6.45, 7) is 20.5. The van der Waals surface area contributed by atoms with E-state index in [1.165, 1.54) is 16.7 Å². The summed E-state index contributed by atoms with van der Waals surface area (Å²) < 4.78 is 0. The Morgan fingerprint density at radius 1 is 1.09 bits per heavy atom. The number of allylic oxidation sites excluding steroid dienone is 4. The van der Waals surface area contributed by atoms with Gasteiger partial charge in [0.25, 0.3) is 0 Å². The highest BCUT2D eigenvalue weighted by Crippen LogP contribution is 2.67. The van der Waals surface area contributed by atoms with Crippen LogP contribution in [0.4, 0.5) is 0 Å². The van der Waals surface area contributed by atoms with E-state index in [0.29, 0.717) is 23.1 Å². The number of carbonyl (C=O) groups is 2. The van der Waals surface area contributed by atoms with Crippen LogP contribution in [-0.2, 0) is 28.9 Å². The van der Waals surface area contributed by atoms with Gasteiger partial charge in [0.2, 0.25) is 0 Å². The molecule has 0 unspecified atom stereocenters. The van der Waals surface area contributed by atoms with E-state index in [9.17, 15) is 14.7 Å². The molecule has 1 fully saturated rings. The molecule has 0 heterocycles. The third kappa shape index (κ3) is 2.87. The van der Waals surface area contributed by atoms with E-state index in [2.05, 4.69) is 47.3 Å². The molecule has 3 heteroatoms. The van der Waals surface area contributed by atoms with Gasteiger partial charge in [-0.2, -0.15) is 0 Å². The van der Waals surface area contributed by atoms with Crippen LogP contribution in [0.2, 0.25) is 0 Å².